The van der Waals surface area contributed by atoms with Gasteiger partial charge in [0.15, 0.2) is 0 Å². The van der Waals surface area contributed by atoms with Crippen LogP contribution in [0.4, 0.5) is 5.82 Å². The van der Waals surface area contributed by atoms with Gasteiger partial charge >= 0.3 is 0 Å². The summed E-state index contributed by atoms with van der Waals surface area (Å²) in [4.78, 5) is 8.78. The van der Waals surface area contributed by atoms with Crippen LogP contribution in [0.25, 0.3) is 0 Å². The molecule has 0 aliphatic rings. The van der Waals surface area contributed by atoms with E-state index in [0.717, 1.165) is 17.3 Å². The number of aromatic nitrogens is 2. The van der Waals surface area contributed by atoms with Gasteiger partial charge in [0.1, 0.15) is 16.7 Å². The van der Waals surface area contributed by atoms with Crippen molar-refractivity contribution in [2.24, 2.45) is 0 Å². The van der Waals surface area contributed by atoms with Crippen LogP contribution in [0.3, 0.4) is 0 Å². The Morgan fingerprint density at radius 2 is 2.06 bits per heavy atom. The average Bonchev–Trinajstić information content (AvgIpc) is 2.15. The first-order valence-corrected chi connectivity index (χ1v) is 6.63. The van der Waals surface area contributed by atoms with E-state index >= 15 is 0 Å². The van der Waals surface area contributed by atoms with Crippen molar-refractivity contribution in [1.82, 2.24) is 9.97 Å². The maximum Gasteiger partial charge on any atom is 0.137 e. The molecule has 3 N–H and O–H groups in total. The smallest absolute Gasteiger partial charge is 0.137 e. The molecule has 1 aromatic rings. The Labute approximate surface area is 107 Å². The first kappa shape index (κ1) is 14.3. The van der Waals surface area contributed by atoms with Crippen molar-refractivity contribution >= 4 is 17.6 Å². The van der Waals surface area contributed by atoms with Gasteiger partial charge < -0.3 is 10.8 Å². The Kier molecular flexibility index (Phi) is 4.77. The molecule has 0 amide bonds. The summed E-state index contributed by atoms with van der Waals surface area (Å²) in [6.45, 7) is 8.45. The summed E-state index contributed by atoms with van der Waals surface area (Å²) in [6.07, 6.45) is 0.749. The van der Waals surface area contributed by atoms with E-state index in [0.29, 0.717) is 11.1 Å². The second kappa shape index (κ2) is 5.69. The zero-order valence-electron chi connectivity index (χ0n) is 10.9. The van der Waals surface area contributed by atoms with E-state index in [-0.39, 0.29) is 12.0 Å². The van der Waals surface area contributed by atoms with Gasteiger partial charge in [0.2, 0.25) is 0 Å². The number of rotatable bonds is 4. The zero-order chi connectivity index (χ0) is 13.1. The van der Waals surface area contributed by atoms with Gasteiger partial charge in [-0.1, -0.05) is 27.7 Å². The molecular weight excluding hydrogens is 234 g/mol. The molecule has 96 valence electrons. The number of aliphatic hydroxyl groups excluding tert-OH is 1. The molecule has 1 heterocycles. The van der Waals surface area contributed by atoms with Crippen LogP contribution in [0, 0.1) is 0 Å². The van der Waals surface area contributed by atoms with Crippen LogP contribution in [0.1, 0.15) is 39.9 Å². The van der Waals surface area contributed by atoms with Gasteiger partial charge in [0, 0.05) is 23.3 Å². The predicted molar refractivity (Wildman–Crippen MR) is 72.2 cm³/mol. The highest BCUT2D eigenvalue weighted by atomic mass is 32.2. The summed E-state index contributed by atoms with van der Waals surface area (Å²) in [5.41, 5.74) is 5.69. The Morgan fingerprint density at radius 3 is 2.59 bits per heavy atom. The molecule has 0 aliphatic carbocycles. The molecular formula is C12H21N3OS. The van der Waals surface area contributed by atoms with E-state index in [4.69, 9.17) is 10.8 Å². The van der Waals surface area contributed by atoms with E-state index in [1.807, 2.05) is 0 Å². The standard InChI is InChI=1S/C12H21N3OS/c1-8(5-6-16)17-10-7-9(13)14-11(15-10)12(2,3)4/h7-8,16H,5-6H2,1-4H3,(H2,13,14,15). The van der Waals surface area contributed by atoms with Crippen LogP contribution in [-0.4, -0.2) is 26.9 Å². The number of hydrogen-bond acceptors (Lipinski definition) is 5. The number of aliphatic hydroxyl groups is 1. The summed E-state index contributed by atoms with van der Waals surface area (Å²) in [5, 5.41) is 10.1. The van der Waals surface area contributed by atoms with Gasteiger partial charge in [-0.25, -0.2) is 9.97 Å². The van der Waals surface area contributed by atoms with Crippen molar-refractivity contribution in [3.63, 3.8) is 0 Å². The number of nitrogen functional groups attached to an aromatic ring is 1. The van der Waals surface area contributed by atoms with Crippen molar-refractivity contribution < 1.29 is 5.11 Å². The number of anilines is 1. The molecule has 1 atom stereocenters. The summed E-state index contributed by atoms with van der Waals surface area (Å²) in [5.74, 6) is 1.26. The molecule has 1 aromatic heterocycles. The number of hydrogen-bond donors (Lipinski definition) is 2. The number of nitrogens with two attached hydrogens (primary N) is 1. The highest BCUT2D eigenvalue weighted by Gasteiger charge is 2.19. The SMILES string of the molecule is CC(CCO)Sc1cc(N)nc(C(C)(C)C)n1. The van der Waals surface area contributed by atoms with E-state index in [9.17, 15) is 0 Å². The molecule has 5 heteroatoms. The topological polar surface area (TPSA) is 72.0 Å². The summed E-state index contributed by atoms with van der Waals surface area (Å²) in [7, 11) is 0. The molecule has 1 unspecified atom stereocenters. The van der Waals surface area contributed by atoms with Gasteiger partial charge in [-0.15, -0.1) is 11.8 Å². The number of thioether (sulfide) groups is 1. The predicted octanol–water partition coefficient (Wildman–Crippen LogP) is 2.22. The van der Waals surface area contributed by atoms with E-state index in [1.54, 1.807) is 17.8 Å². The molecule has 0 spiro atoms. The summed E-state index contributed by atoms with van der Waals surface area (Å²) < 4.78 is 0. The normalized spacial score (nSPS) is 13.7. The van der Waals surface area contributed by atoms with Crippen LogP contribution < -0.4 is 5.73 Å². The minimum atomic E-state index is -0.106. The monoisotopic (exact) mass is 255 g/mol. The van der Waals surface area contributed by atoms with Gasteiger partial charge in [0.05, 0.1) is 0 Å². The number of nitrogens with zero attached hydrogens (tertiary/aromatic N) is 2. The van der Waals surface area contributed by atoms with Crippen molar-refractivity contribution in [1.29, 1.82) is 0 Å². The fraction of sp³-hybridized carbons (Fsp3) is 0.667. The fourth-order valence-corrected chi connectivity index (χ4v) is 2.25. The van der Waals surface area contributed by atoms with Crippen molar-refractivity contribution in [2.75, 3.05) is 12.3 Å². The first-order chi connectivity index (χ1) is 7.82. The highest BCUT2D eigenvalue weighted by Crippen LogP contribution is 2.27. The maximum atomic E-state index is 8.88. The van der Waals surface area contributed by atoms with Crippen LogP contribution in [0.5, 0.6) is 0 Å². The van der Waals surface area contributed by atoms with Crippen molar-refractivity contribution in [3.8, 4) is 0 Å². The van der Waals surface area contributed by atoms with Crippen molar-refractivity contribution in [3.05, 3.63) is 11.9 Å². The molecule has 1 rings (SSSR count). The first-order valence-electron chi connectivity index (χ1n) is 5.75. The maximum absolute atomic E-state index is 8.88. The molecule has 0 aliphatic heterocycles. The van der Waals surface area contributed by atoms with E-state index in [1.165, 1.54) is 0 Å². The van der Waals surface area contributed by atoms with E-state index < -0.39 is 0 Å². The molecule has 17 heavy (non-hydrogen) atoms. The Balaban J connectivity index is 2.90. The quantitative estimate of drug-likeness (QED) is 0.637. The molecule has 0 saturated carbocycles. The van der Waals surface area contributed by atoms with Gasteiger partial charge in [-0.3, -0.25) is 0 Å². The van der Waals surface area contributed by atoms with Crippen LogP contribution in [0.15, 0.2) is 11.1 Å². The molecule has 0 bridgehead atoms. The van der Waals surface area contributed by atoms with Crippen LogP contribution >= 0.6 is 11.8 Å². The largest absolute Gasteiger partial charge is 0.396 e. The molecule has 0 fully saturated rings. The van der Waals surface area contributed by atoms with Gasteiger partial charge in [-0.2, -0.15) is 0 Å². The second-order valence-corrected chi connectivity index (χ2v) is 6.60. The van der Waals surface area contributed by atoms with Crippen LogP contribution in [0.2, 0.25) is 0 Å². The lowest BCUT2D eigenvalue weighted by molar-refractivity contribution is 0.289. The molecule has 0 radical (unpaired) electrons. The lowest BCUT2D eigenvalue weighted by atomic mass is 9.96. The Hall–Kier alpha value is -0.810. The highest BCUT2D eigenvalue weighted by molar-refractivity contribution is 7.99. The minimum Gasteiger partial charge on any atom is -0.396 e. The Bertz CT molecular complexity index is 377. The third-order valence-electron chi connectivity index (χ3n) is 2.25. The summed E-state index contributed by atoms with van der Waals surface area (Å²) >= 11 is 1.62. The zero-order valence-corrected chi connectivity index (χ0v) is 11.7. The van der Waals surface area contributed by atoms with Gasteiger partial charge in [0.25, 0.3) is 0 Å². The Morgan fingerprint density at radius 1 is 1.41 bits per heavy atom. The molecule has 4 nitrogen and oxygen atoms in total. The average molecular weight is 255 g/mol. The molecule has 0 aromatic carbocycles. The minimum absolute atomic E-state index is 0.106. The second-order valence-electron chi connectivity index (χ2n) is 5.15. The van der Waals surface area contributed by atoms with Crippen LogP contribution in [-0.2, 0) is 5.41 Å². The molecule has 0 saturated heterocycles. The third-order valence-corrected chi connectivity index (χ3v) is 3.34. The van der Waals surface area contributed by atoms with Gasteiger partial charge in [-0.05, 0) is 6.42 Å². The summed E-state index contributed by atoms with van der Waals surface area (Å²) in [6, 6.07) is 1.79. The third kappa shape index (κ3) is 4.52. The lowest BCUT2D eigenvalue weighted by Crippen LogP contribution is -2.17. The lowest BCUT2D eigenvalue weighted by Gasteiger charge is -2.18. The van der Waals surface area contributed by atoms with E-state index in [2.05, 4.69) is 37.7 Å². The van der Waals surface area contributed by atoms with Crippen molar-refractivity contribution in [2.45, 2.75) is 49.8 Å². The fourth-order valence-electron chi connectivity index (χ4n) is 1.29.